The van der Waals surface area contributed by atoms with Crippen molar-refractivity contribution >= 4 is 22.9 Å². The Balaban J connectivity index is 0.00000220. The van der Waals surface area contributed by atoms with Crippen LogP contribution in [0.2, 0.25) is 0 Å². The Bertz CT molecular complexity index is 659. The van der Waals surface area contributed by atoms with Gasteiger partial charge < -0.3 is 25.3 Å². The van der Waals surface area contributed by atoms with Crippen molar-refractivity contribution in [1.29, 1.82) is 0 Å². The topological polar surface area (TPSA) is 131 Å². The van der Waals surface area contributed by atoms with Gasteiger partial charge in [-0.05, 0) is 19.4 Å². The summed E-state index contributed by atoms with van der Waals surface area (Å²) in [7, 11) is 0. The Morgan fingerprint density at radius 2 is 2.19 bits per heavy atom. The number of aromatic nitrogens is 3. The number of carbonyl (C=O) groups is 2. The van der Waals surface area contributed by atoms with Gasteiger partial charge in [-0.3, -0.25) is 4.79 Å². The van der Waals surface area contributed by atoms with E-state index in [1.54, 1.807) is 12.3 Å². The summed E-state index contributed by atoms with van der Waals surface area (Å²) >= 11 is 0. The molecule has 0 radical (unpaired) electrons. The summed E-state index contributed by atoms with van der Waals surface area (Å²) in [5.41, 5.74) is -1.14. The average molecular weight is 316 g/mol. The third kappa shape index (κ3) is 3.87. The van der Waals surface area contributed by atoms with Crippen molar-refractivity contribution in [2.75, 3.05) is 6.61 Å². The largest absolute Gasteiger partial charge is 1.00 e. The molecule has 2 rings (SSSR count). The summed E-state index contributed by atoms with van der Waals surface area (Å²) in [6, 6.07) is 1.62. The molecule has 1 atom stereocenters. The molecule has 0 aliphatic rings. The summed E-state index contributed by atoms with van der Waals surface area (Å²) in [6.45, 7) is 0.875. The van der Waals surface area contributed by atoms with E-state index in [4.69, 9.17) is 5.11 Å². The molecule has 8 nitrogen and oxygen atoms in total. The van der Waals surface area contributed by atoms with Crippen LogP contribution in [0.4, 0.5) is 0 Å². The number of aliphatic hydroxyl groups excluding tert-OH is 1. The molecule has 9 heteroatoms. The molecule has 0 aliphatic heterocycles. The van der Waals surface area contributed by atoms with Crippen molar-refractivity contribution in [3.63, 3.8) is 0 Å². The first kappa shape index (κ1) is 18.2. The minimum atomic E-state index is -1.67. The molecule has 21 heavy (non-hydrogen) atoms. The van der Waals surface area contributed by atoms with Crippen LogP contribution in [-0.2, 0) is 4.79 Å². The molecule has 0 saturated heterocycles. The molecule has 1 unspecified atom stereocenters. The standard InChI is InChI=1S/C12H14N4O4.K/c1-12(3-5-17,11(19)20)16-10(18)8-7-2-4-13-9(7)15-6-14-8;/h2,4,6,17H,3,5H2,1H3,(H,16,18)(H,19,20)(H,13,14,15);/q;+1/p-1. The second kappa shape index (κ2) is 7.43. The third-order valence-corrected chi connectivity index (χ3v) is 3.02. The number of aliphatic carboxylic acids is 1. The van der Waals surface area contributed by atoms with Crippen LogP contribution in [0.1, 0.15) is 23.8 Å². The van der Waals surface area contributed by atoms with E-state index in [0.717, 1.165) is 0 Å². The van der Waals surface area contributed by atoms with Gasteiger partial charge in [-0.1, -0.05) is 0 Å². The number of H-pyrrole nitrogens is 1. The van der Waals surface area contributed by atoms with Crippen LogP contribution in [-0.4, -0.2) is 44.1 Å². The number of carbonyl (C=O) groups excluding carboxylic acids is 2. The van der Waals surface area contributed by atoms with Crippen molar-refractivity contribution in [2.45, 2.75) is 18.9 Å². The average Bonchev–Trinajstić information content (AvgIpc) is 2.86. The van der Waals surface area contributed by atoms with Crippen molar-refractivity contribution in [2.24, 2.45) is 0 Å². The van der Waals surface area contributed by atoms with E-state index in [0.29, 0.717) is 11.0 Å². The first-order valence-electron chi connectivity index (χ1n) is 5.91. The molecule has 0 aliphatic carbocycles. The van der Waals surface area contributed by atoms with Crippen LogP contribution in [0.25, 0.3) is 11.0 Å². The normalized spacial score (nSPS) is 13.2. The maximum absolute atomic E-state index is 12.2. The number of nitrogens with zero attached hydrogens (tertiary/aromatic N) is 2. The third-order valence-electron chi connectivity index (χ3n) is 3.02. The zero-order valence-corrected chi connectivity index (χ0v) is 14.8. The molecule has 0 fully saturated rings. The number of hydrogen-bond acceptors (Lipinski definition) is 6. The number of nitrogens with one attached hydrogen (secondary N) is 2. The SMILES string of the molecule is CC(CCO)(NC(=O)c1ncnc2[nH]ccc12)C(=O)[O-].[K+]. The first-order chi connectivity index (χ1) is 9.48. The van der Waals surface area contributed by atoms with Gasteiger partial charge >= 0.3 is 51.4 Å². The monoisotopic (exact) mass is 316 g/mol. The quantitative estimate of drug-likeness (QED) is 0.477. The van der Waals surface area contributed by atoms with Gasteiger partial charge in [0.15, 0.2) is 0 Å². The number of fused-ring (bicyclic) bond motifs is 1. The van der Waals surface area contributed by atoms with Crippen molar-refractivity contribution in [3.05, 3.63) is 24.3 Å². The fourth-order valence-electron chi connectivity index (χ4n) is 1.80. The number of rotatable bonds is 5. The van der Waals surface area contributed by atoms with Gasteiger partial charge in [0.25, 0.3) is 5.91 Å². The zero-order valence-electron chi connectivity index (χ0n) is 11.7. The van der Waals surface area contributed by atoms with Gasteiger partial charge in [-0.15, -0.1) is 0 Å². The molecule has 2 heterocycles. The summed E-state index contributed by atoms with van der Waals surface area (Å²) < 4.78 is 0. The van der Waals surface area contributed by atoms with Gasteiger partial charge in [0.2, 0.25) is 0 Å². The van der Waals surface area contributed by atoms with Gasteiger partial charge in [0.05, 0.1) is 16.9 Å². The minimum Gasteiger partial charge on any atom is -0.548 e. The van der Waals surface area contributed by atoms with Crippen LogP contribution in [0.5, 0.6) is 0 Å². The number of amides is 1. The van der Waals surface area contributed by atoms with Gasteiger partial charge in [-0.25, -0.2) is 9.97 Å². The fourth-order valence-corrected chi connectivity index (χ4v) is 1.80. The number of aliphatic hydroxyl groups is 1. The van der Waals surface area contributed by atoms with E-state index in [2.05, 4.69) is 20.3 Å². The fraction of sp³-hybridized carbons (Fsp3) is 0.333. The van der Waals surface area contributed by atoms with Crippen LogP contribution in [0.15, 0.2) is 18.6 Å². The Labute approximate surface area is 162 Å². The van der Waals surface area contributed by atoms with E-state index >= 15 is 0 Å². The Kier molecular flexibility index (Phi) is 6.44. The smallest absolute Gasteiger partial charge is 0.548 e. The van der Waals surface area contributed by atoms with E-state index in [1.165, 1.54) is 13.3 Å². The predicted octanol–water partition coefficient (Wildman–Crippen LogP) is -4.42. The summed E-state index contributed by atoms with van der Waals surface area (Å²) in [6.07, 6.45) is 2.64. The summed E-state index contributed by atoms with van der Waals surface area (Å²) in [4.78, 5) is 33.9. The summed E-state index contributed by atoms with van der Waals surface area (Å²) in [5, 5.41) is 22.8. The van der Waals surface area contributed by atoms with Crippen molar-refractivity contribution in [1.82, 2.24) is 20.3 Å². The van der Waals surface area contributed by atoms with Crippen LogP contribution >= 0.6 is 0 Å². The predicted molar refractivity (Wildman–Crippen MR) is 66.5 cm³/mol. The Hall–Kier alpha value is -0.844. The van der Waals surface area contributed by atoms with Gasteiger partial charge in [0.1, 0.15) is 17.7 Å². The van der Waals surface area contributed by atoms with Crippen LogP contribution < -0.4 is 61.8 Å². The summed E-state index contributed by atoms with van der Waals surface area (Å²) in [5.74, 6) is -2.14. The first-order valence-corrected chi connectivity index (χ1v) is 5.91. The van der Waals surface area contributed by atoms with Crippen molar-refractivity contribution in [3.8, 4) is 0 Å². The van der Waals surface area contributed by atoms with Gasteiger partial charge in [0, 0.05) is 12.8 Å². The molecule has 0 aromatic carbocycles. The number of aromatic amines is 1. The van der Waals surface area contributed by atoms with Crippen LogP contribution in [0, 0.1) is 0 Å². The van der Waals surface area contributed by atoms with E-state index in [9.17, 15) is 14.7 Å². The van der Waals surface area contributed by atoms with E-state index in [-0.39, 0.29) is 63.5 Å². The second-order valence-electron chi connectivity index (χ2n) is 4.51. The maximum Gasteiger partial charge on any atom is 1.00 e. The van der Waals surface area contributed by atoms with Crippen LogP contribution in [0.3, 0.4) is 0 Å². The molecule has 2 aromatic heterocycles. The molecule has 0 spiro atoms. The maximum atomic E-state index is 12.2. The number of carboxylic acids is 1. The molecule has 0 saturated carbocycles. The Morgan fingerprint density at radius 1 is 1.48 bits per heavy atom. The molecule has 1 amide bonds. The molecular weight excluding hydrogens is 303 g/mol. The molecule has 0 bridgehead atoms. The van der Waals surface area contributed by atoms with Crippen molar-refractivity contribution < 1.29 is 71.2 Å². The molecule has 2 aromatic rings. The minimum absolute atomic E-state index is 0. The molecule has 106 valence electrons. The Morgan fingerprint density at radius 3 is 2.81 bits per heavy atom. The molecular formula is C12H13KN4O4. The second-order valence-corrected chi connectivity index (χ2v) is 4.51. The zero-order chi connectivity index (χ0) is 14.8. The molecule has 3 N–H and O–H groups in total. The number of carboxylic acid groups (broad SMARTS) is 1. The number of hydrogen-bond donors (Lipinski definition) is 3. The van der Waals surface area contributed by atoms with Gasteiger partial charge in [-0.2, -0.15) is 0 Å². The van der Waals surface area contributed by atoms with E-state index in [1.807, 2.05) is 0 Å². The van der Waals surface area contributed by atoms with E-state index < -0.39 is 24.0 Å².